The van der Waals surface area contributed by atoms with E-state index in [0.717, 1.165) is 16.7 Å². The Morgan fingerprint density at radius 1 is 1.07 bits per heavy atom. The molecular weight excluding hydrogens is 383 g/mol. The molecule has 2 aromatic carbocycles. The van der Waals surface area contributed by atoms with Crippen molar-refractivity contribution in [2.45, 2.75) is 25.9 Å². The number of rotatable bonds is 6. The summed E-state index contributed by atoms with van der Waals surface area (Å²) in [6, 6.07) is 8.84. The largest absolute Gasteiger partial charge is 0.524 e. The zero-order valence-electron chi connectivity index (χ0n) is 16.1. The molecule has 0 amide bonds. The van der Waals surface area contributed by atoms with Gasteiger partial charge in [0.05, 0.1) is 14.2 Å². The van der Waals surface area contributed by atoms with E-state index in [1.807, 2.05) is 25.1 Å². The van der Waals surface area contributed by atoms with Crippen molar-refractivity contribution in [2.75, 3.05) is 14.2 Å². The number of ether oxygens (including phenoxy) is 3. The first-order chi connectivity index (χ1) is 13.3. The highest BCUT2D eigenvalue weighted by Crippen LogP contribution is 2.52. The molecule has 0 unspecified atom stereocenters. The first-order valence-corrected chi connectivity index (χ1v) is 10.2. The van der Waals surface area contributed by atoms with Crippen LogP contribution in [0, 0.1) is 0 Å². The average molecular weight is 406 g/mol. The average Bonchev–Trinajstić information content (AvgIpc) is 2.97. The van der Waals surface area contributed by atoms with Crippen molar-refractivity contribution in [1.82, 2.24) is 0 Å². The molecule has 1 heterocycles. The third-order valence-electron chi connectivity index (χ3n) is 4.61. The number of fused-ring (bicyclic) bond motifs is 1. The predicted octanol–water partition coefficient (Wildman–Crippen LogP) is 4.45. The van der Waals surface area contributed by atoms with Gasteiger partial charge < -0.3 is 18.7 Å². The Hall–Kier alpha value is -2.47. The molecule has 0 aromatic heterocycles. The van der Waals surface area contributed by atoms with Gasteiger partial charge in [0.2, 0.25) is 0 Å². The Balaban J connectivity index is 1.98. The number of phosphoric acid groups is 1. The zero-order valence-corrected chi connectivity index (χ0v) is 17.0. The molecule has 1 aliphatic rings. The van der Waals surface area contributed by atoms with Gasteiger partial charge >= 0.3 is 7.82 Å². The lowest BCUT2D eigenvalue weighted by molar-refractivity contribution is 0.207. The van der Waals surface area contributed by atoms with E-state index in [1.165, 1.54) is 13.2 Å². The molecule has 2 atom stereocenters. The maximum atomic E-state index is 11.1. The van der Waals surface area contributed by atoms with E-state index in [0.29, 0.717) is 11.5 Å². The van der Waals surface area contributed by atoms with Gasteiger partial charge in [-0.1, -0.05) is 25.1 Å². The second-order valence-electron chi connectivity index (χ2n) is 6.46. The number of benzene rings is 2. The van der Waals surface area contributed by atoms with Crippen molar-refractivity contribution < 1.29 is 33.1 Å². The Morgan fingerprint density at radius 2 is 1.79 bits per heavy atom. The molecule has 0 fully saturated rings. The lowest BCUT2D eigenvalue weighted by atomic mass is 9.91. The molecule has 0 aliphatic carbocycles. The Labute approximate surface area is 163 Å². The Bertz CT molecular complexity index is 948. The van der Waals surface area contributed by atoms with Crippen molar-refractivity contribution in [3.05, 3.63) is 53.1 Å². The molecule has 0 saturated heterocycles. The smallest absolute Gasteiger partial charge is 0.493 e. The Morgan fingerprint density at radius 3 is 2.39 bits per heavy atom. The molecule has 0 saturated carbocycles. The van der Waals surface area contributed by atoms with Gasteiger partial charge in [-0.25, -0.2) is 4.57 Å². The normalized spacial score (nSPS) is 18.6. The summed E-state index contributed by atoms with van der Waals surface area (Å²) in [4.78, 5) is 18.1. The van der Waals surface area contributed by atoms with Gasteiger partial charge in [-0.3, -0.25) is 9.79 Å². The first-order valence-electron chi connectivity index (χ1n) is 8.71. The van der Waals surface area contributed by atoms with Crippen LogP contribution in [0.5, 0.6) is 23.0 Å². The minimum absolute atomic E-state index is 0.0318. The van der Waals surface area contributed by atoms with Crippen molar-refractivity contribution in [3.63, 3.8) is 0 Å². The lowest BCUT2D eigenvalue weighted by Crippen LogP contribution is -2.08. The highest BCUT2D eigenvalue weighted by molar-refractivity contribution is 7.46. The van der Waals surface area contributed by atoms with E-state index in [9.17, 15) is 4.57 Å². The minimum atomic E-state index is -4.69. The molecule has 1 aliphatic heterocycles. The molecule has 28 heavy (non-hydrogen) atoms. The molecule has 7 nitrogen and oxygen atoms in total. The fourth-order valence-corrected chi connectivity index (χ4v) is 3.77. The third kappa shape index (κ3) is 4.02. The second-order valence-corrected chi connectivity index (χ2v) is 7.62. The summed E-state index contributed by atoms with van der Waals surface area (Å²) in [6.07, 6.45) is 3.66. The van der Waals surface area contributed by atoms with Crippen LogP contribution in [-0.2, 0) is 4.57 Å². The molecule has 0 radical (unpaired) electrons. The van der Waals surface area contributed by atoms with Crippen molar-refractivity contribution in [2.24, 2.45) is 0 Å². The first kappa shape index (κ1) is 20.3. The molecule has 150 valence electrons. The third-order valence-corrected chi connectivity index (χ3v) is 5.04. The van der Waals surface area contributed by atoms with Crippen LogP contribution >= 0.6 is 7.82 Å². The topological polar surface area (TPSA) is 94.5 Å². The van der Waals surface area contributed by atoms with Gasteiger partial charge in [0, 0.05) is 11.5 Å². The fourth-order valence-electron chi connectivity index (χ4n) is 3.36. The fraction of sp³-hybridized carbons (Fsp3) is 0.300. The molecule has 2 aromatic rings. The summed E-state index contributed by atoms with van der Waals surface area (Å²) < 4.78 is 32.8. The summed E-state index contributed by atoms with van der Waals surface area (Å²) in [5, 5.41) is 0. The van der Waals surface area contributed by atoms with Gasteiger partial charge in [-0.15, -0.1) is 0 Å². The standard InChI is InChI=1S/C20H23O7P/c1-5-6-13-9-15-12(2)19(26-20(15)18(10-13)25-4)14-7-8-16(17(11-14)24-3)27-28(21,22)23/h5-12,19H,1-4H3,(H2,21,22,23)/b6-5+/t12-,19-/m0/s1. The van der Waals surface area contributed by atoms with Crippen molar-refractivity contribution >= 4 is 13.9 Å². The van der Waals surface area contributed by atoms with Crippen molar-refractivity contribution in [1.29, 1.82) is 0 Å². The monoisotopic (exact) mass is 406 g/mol. The quantitative estimate of drug-likeness (QED) is 0.685. The number of methoxy groups -OCH3 is 2. The summed E-state index contributed by atoms with van der Waals surface area (Å²) in [5.74, 6) is 1.58. The van der Waals surface area contributed by atoms with Gasteiger partial charge in [-0.2, -0.15) is 0 Å². The van der Waals surface area contributed by atoms with Crippen LogP contribution in [0.2, 0.25) is 0 Å². The van der Waals surface area contributed by atoms with E-state index >= 15 is 0 Å². The zero-order chi connectivity index (χ0) is 20.5. The van der Waals surface area contributed by atoms with Crippen LogP contribution in [0.15, 0.2) is 36.4 Å². The predicted molar refractivity (Wildman–Crippen MR) is 105 cm³/mol. The van der Waals surface area contributed by atoms with E-state index in [1.54, 1.807) is 19.2 Å². The van der Waals surface area contributed by atoms with Crippen molar-refractivity contribution in [3.8, 4) is 23.0 Å². The molecule has 2 N–H and O–H groups in total. The second kappa shape index (κ2) is 7.87. The van der Waals surface area contributed by atoms with E-state index in [-0.39, 0.29) is 23.5 Å². The van der Waals surface area contributed by atoms with Gasteiger partial charge in [0.1, 0.15) is 6.10 Å². The highest BCUT2D eigenvalue weighted by atomic mass is 31.2. The van der Waals surface area contributed by atoms with Crippen LogP contribution in [0.4, 0.5) is 0 Å². The van der Waals surface area contributed by atoms with E-state index in [4.69, 9.17) is 24.0 Å². The maximum Gasteiger partial charge on any atom is 0.524 e. The molecule has 0 spiro atoms. The minimum Gasteiger partial charge on any atom is -0.493 e. The number of hydrogen-bond acceptors (Lipinski definition) is 5. The Kier molecular flexibility index (Phi) is 5.70. The SMILES string of the molecule is C/C=C/c1cc(OC)c2c(c1)[C@H](C)[C@@H](c1ccc(OP(=O)(O)O)c(OC)c1)O2. The van der Waals surface area contributed by atoms with Crippen LogP contribution < -0.4 is 18.7 Å². The summed E-state index contributed by atoms with van der Waals surface area (Å²) in [7, 11) is -1.67. The van der Waals surface area contributed by atoms with Gasteiger partial charge in [0.25, 0.3) is 0 Å². The molecule has 0 bridgehead atoms. The lowest BCUT2D eigenvalue weighted by Gasteiger charge is -2.18. The number of hydrogen-bond donors (Lipinski definition) is 2. The van der Waals surface area contributed by atoms with Crippen LogP contribution in [0.25, 0.3) is 6.08 Å². The number of allylic oxidation sites excluding steroid dienone is 1. The summed E-state index contributed by atoms with van der Waals surface area (Å²) in [6.45, 7) is 4.01. The van der Waals surface area contributed by atoms with Crippen LogP contribution in [0.3, 0.4) is 0 Å². The van der Waals surface area contributed by atoms with Crippen LogP contribution in [0.1, 0.15) is 42.6 Å². The summed E-state index contributed by atoms with van der Waals surface area (Å²) >= 11 is 0. The maximum absolute atomic E-state index is 11.1. The van der Waals surface area contributed by atoms with E-state index in [2.05, 4.69) is 17.5 Å². The molecule has 8 heteroatoms. The van der Waals surface area contributed by atoms with Crippen LogP contribution in [-0.4, -0.2) is 24.0 Å². The number of phosphoric ester groups is 1. The van der Waals surface area contributed by atoms with Gasteiger partial charge in [-0.05, 0) is 42.3 Å². The van der Waals surface area contributed by atoms with E-state index < -0.39 is 7.82 Å². The molecular formula is C20H23O7P. The molecule has 3 rings (SSSR count). The summed E-state index contributed by atoms with van der Waals surface area (Å²) in [5.41, 5.74) is 2.86. The van der Waals surface area contributed by atoms with Gasteiger partial charge in [0.15, 0.2) is 23.0 Å². The highest BCUT2D eigenvalue weighted by Gasteiger charge is 2.35.